The Bertz CT molecular complexity index is 505. The molecule has 0 unspecified atom stereocenters. The molecule has 2 aromatic rings. The minimum Gasteiger partial charge on any atom is -0.308 e. The SMILES string of the molecule is Cc1c(CNCc2ccccc2F)cnn1C. The Morgan fingerprint density at radius 1 is 1.24 bits per heavy atom. The minimum absolute atomic E-state index is 0.164. The second-order valence-electron chi connectivity index (χ2n) is 4.07. The highest BCUT2D eigenvalue weighted by Crippen LogP contribution is 2.08. The van der Waals surface area contributed by atoms with Gasteiger partial charge in [0.1, 0.15) is 5.82 Å². The van der Waals surface area contributed by atoms with Gasteiger partial charge in [-0.1, -0.05) is 18.2 Å². The van der Waals surface area contributed by atoms with Crippen molar-refractivity contribution >= 4 is 0 Å². The number of nitrogens with zero attached hydrogens (tertiary/aromatic N) is 2. The highest BCUT2D eigenvalue weighted by Gasteiger charge is 2.04. The Hall–Kier alpha value is -1.68. The van der Waals surface area contributed by atoms with Crippen molar-refractivity contribution in [3.8, 4) is 0 Å². The zero-order chi connectivity index (χ0) is 12.3. The molecule has 1 N–H and O–H groups in total. The number of hydrogen-bond donors (Lipinski definition) is 1. The molecule has 4 heteroatoms. The number of aryl methyl sites for hydroxylation is 1. The first-order valence-electron chi connectivity index (χ1n) is 5.60. The van der Waals surface area contributed by atoms with Crippen LogP contribution in [0.3, 0.4) is 0 Å². The standard InChI is InChI=1S/C13H16FN3/c1-10-12(9-16-17(10)2)8-15-7-11-5-3-4-6-13(11)14/h3-6,9,15H,7-8H2,1-2H3. The van der Waals surface area contributed by atoms with E-state index in [0.717, 1.165) is 11.3 Å². The normalized spacial score (nSPS) is 10.8. The van der Waals surface area contributed by atoms with E-state index >= 15 is 0 Å². The van der Waals surface area contributed by atoms with Crippen molar-refractivity contribution in [3.63, 3.8) is 0 Å². The van der Waals surface area contributed by atoms with E-state index in [9.17, 15) is 4.39 Å². The lowest BCUT2D eigenvalue weighted by Crippen LogP contribution is -2.14. The van der Waals surface area contributed by atoms with Crippen LogP contribution in [-0.4, -0.2) is 9.78 Å². The monoisotopic (exact) mass is 233 g/mol. The molecule has 0 spiro atoms. The maximum Gasteiger partial charge on any atom is 0.127 e. The minimum atomic E-state index is -0.164. The summed E-state index contributed by atoms with van der Waals surface area (Å²) in [5, 5.41) is 7.38. The van der Waals surface area contributed by atoms with Crippen molar-refractivity contribution in [3.05, 3.63) is 53.1 Å². The molecule has 0 atom stereocenters. The number of halogens is 1. The highest BCUT2D eigenvalue weighted by molar-refractivity contribution is 5.18. The lowest BCUT2D eigenvalue weighted by molar-refractivity contribution is 0.587. The summed E-state index contributed by atoms with van der Waals surface area (Å²) in [6.07, 6.45) is 1.84. The average molecular weight is 233 g/mol. The van der Waals surface area contributed by atoms with E-state index in [2.05, 4.69) is 10.4 Å². The zero-order valence-electron chi connectivity index (χ0n) is 10.1. The quantitative estimate of drug-likeness (QED) is 0.877. The van der Waals surface area contributed by atoms with Gasteiger partial charge in [0, 0.05) is 37.0 Å². The summed E-state index contributed by atoms with van der Waals surface area (Å²) in [6, 6.07) is 6.81. The first kappa shape index (κ1) is 11.8. The van der Waals surface area contributed by atoms with Gasteiger partial charge in [0.25, 0.3) is 0 Å². The molecule has 0 aliphatic carbocycles. The van der Waals surface area contributed by atoms with Gasteiger partial charge < -0.3 is 5.32 Å². The molecule has 3 nitrogen and oxygen atoms in total. The summed E-state index contributed by atoms with van der Waals surface area (Å²) in [5.74, 6) is -0.164. The van der Waals surface area contributed by atoms with E-state index in [4.69, 9.17) is 0 Å². The van der Waals surface area contributed by atoms with Crippen LogP contribution < -0.4 is 5.32 Å². The second kappa shape index (κ2) is 5.10. The summed E-state index contributed by atoms with van der Waals surface area (Å²) in [7, 11) is 1.91. The molecule has 0 bridgehead atoms. The van der Waals surface area contributed by atoms with E-state index in [1.165, 1.54) is 6.07 Å². The molecule has 0 aliphatic heterocycles. The van der Waals surface area contributed by atoms with Crippen LogP contribution in [0.4, 0.5) is 4.39 Å². The molecule has 0 fully saturated rings. The largest absolute Gasteiger partial charge is 0.308 e. The lowest BCUT2D eigenvalue weighted by Gasteiger charge is -2.05. The van der Waals surface area contributed by atoms with Crippen LogP contribution in [-0.2, 0) is 20.1 Å². The van der Waals surface area contributed by atoms with E-state index in [1.54, 1.807) is 12.1 Å². The van der Waals surface area contributed by atoms with Crippen LogP contribution in [0.5, 0.6) is 0 Å². The Labute approximate surface area is 100 Å². The van der Waals surface area contributed by atoms with Crippen LogP contribution in [0.25, 0.3) is 0 Å². The van der Waals surface area contributed by atoms with Gasteiger partial charge in [0.15, 0.2) is 0 Å². The third-order valence-corrected chi connectivity index (χ3v) is 2.93. The van der Waals surface area contributed by atoms with Crippen molar-refractivity contribution in [1.82, 2.24) is 15.1 Å². The number of aromatic nitrogens is 2. The average Bonchev–Trinajstić information content (AvgIpc) is 2.63. The van der Waals surface area contributed by atoms with Crippen LogP contribution in [0.1, 0.15) is 16.8 Å². The molecule has 1 aromatic heterocycles. The maximum absolute atomic E-state index is 13.3. The van der Waals surface area contributed by atoms with Gasteiger partial charge in [-0.2, -0.15) is 5.10 Å². The fourth-order valence-corrected chi connectivity index (χ4v) is 1.69. The van der Waals surface area contributed by atoms with E-state index < -0.39 is 0 Å². The molecule has 2 rings (SSSR count). The fourth-order valence-electron chi connectivity index (χ4n) is 1.69. The Morgan fingerprint density at radius 2 is 1.94 bits per heavy atom. The van der Waals surface area contributed by atoms with E-state index in [-0.39, 0.29) is 5.82 Å². The van der Waals surface area contributed by atoms with Crippen LogP contribution in [0, 0.1) is 12.7 Å². The molecule has 1 aromatic carbocycles. The molecule has 0 aliphatic rings. The lowest BCUT2D eigenvalue weighted by atomic mass is 10.2. The molecular weight excluding hydrogens is 217 g/mol. The van der Waals surface area contributed by atoms with Gasteiger partial charge in [-0.15, -0.1) is 0 Å². The van der Waals surface area contributed by atoms with Gasteiger partial charge >= 0.3 is 0 Å². The van der Waals surface area contributed by atoms with Gasteiger partial charge in [-0.05, 0) is 13.0 Å². The first-order valence-corrected chi connectivity index (χ1v) is 5.60. The Kier molecular flexibility index (Phi) is 3.54. The molecule has 17 heavy (non-hydrogen) atoms. The predicted molar refractivity (Wildman–Crippen MR) is 64.9 cm³/mol. The number of rotatable bonds is 4. The maximum atomic E-state index is 13.3. The van der Waals surface area contributed by atoms with Crippen LogP contribution in [0.2, 0.25) is 0 Å². The molecular formula is C13H16FN3. The number of hydrogen-bond acceptors (Lipinski definition) is 2. The number of nitrogens with one attached hydrogen (secondary N) is 1. The third-order valence-electron chi connectivity index (χ3n) is 2.93. The Balaban J connectivity index is 1.92. The zero-order valence-corrected chi connectivity index (χ0v) is 10.1. The Morgan fingerprint density at radius 3 is 2.59 bits per heavy atom. The van der Waals surface area contributed by atoms with E-state index in [1.807, 2.05) is 30.9 Å². The molecule has 90 valence electrons. The molecule has 0 radical (unpaired) electrons. The van der Waals surface area contributed by atoms with Gasteiger partial charge in [-0.3, -0.25) is 4.68 Å². The van der Waals surface area contributed by atoms with Gasteiger partial charge in [-0.25, -0.2) is 4.39 Å². The molecule has 1 heterocycles. The molecule has 0 saturated carbocycles. The summed E-state index contributed by atoms with van der Waals surface area (Å²) in [4.78, 5) is 0. The summed E-state index contributed by atoms with van der Waals surface area (Å²) in [6.45, 7) is 3.25. The van der Waals surface area contributed by atoms with Crippen molar-refractivity contribution in [1.29, 1.82) is 0 Å². The number of benzene rings is 1. The van der Waals surface area contributed by atoms with Gasteiger partial charge in [0.05, 0.1) is 6.20 Å². The van der Waals surface area contributed by atoms with Crippen LogP contribution in [0.15, 0.2) is 30.5 Å². The molecule has 0 amide bonds. The first-order chi connectivity index (χ1) is 8.18. The fraction of sp³-hybridized carbons (Fsp3) is 0.308. The van der Waals surface area contributed by atoms with Crippen molar-refractivity contribution in [2.75, 3.05) is 0 Å². The molecule has 0 saturated heterocycles. The summed E-state index contributed by atoms with van der Waals surface area (Å²) < 4.78 is 15.2. The van der Waals surface area contributed by atoms with Crippen molar-refractivity contribution < 1.29 is 4.39 Å². The smallest absolute Gasteiger partial charge is 0.127 e. The third kappa shape index (κ3) is 2.71. The van der Waals surface area contributed by atoms with Crippen molar-refractivity contribution in [2.24, 2.45) is 7.05 Å². The van der Waals surface area contributed by atoms with Crippen molar-refractivity contribution in [2.45, 2.75) is 20.0 Å². The second-order valence-corrected chi connectivity index (χ2v) is 4.07. The predicted octanol–water partition coefficient (Wildman–Crippen LogP) is 2.16. The van der Waals surface area contributed by atoms with E-state index in [0.29, 0.717) is 18.7 Å². The summed E-state index contributed by atoms with van der Waals surface area (Å²) >= 11 is 0. The van der Waals surface area contributed by atoms with Gasteiger partial charge in [0.2, 0.25) is 0 Å². The highest BCUT2D eigenvalue weighted by atomic mass is 19.1. The topological polar surface area (TPSA) is 29.9 Å². The van der Waals surface area contributed by atoms with Crippen LogP contribution >= 0.6 is 0 Å². The summed E-state index contributed by atoms with van der Waals surface area (Å²) in [5.41, 5.74) is 2.96.